The second kappa shape index (κ2) is 4.96. The Kier molecular flexibility index (Phi) is 3.89. The van der Waals surface area contributed by atoms with Crippen LogP contribution in [0.2, 0.25) is 0 Å². The van der Waals surface area contributed by atoms with E-state index in [0.717, 1.165) is 5.56 Å². The molecule has 3 heteroatoms. The summed E-state index contributed by atoms with van der Waals surface area (Å²) in [5.74, 6) is 0.0194. The lowest BCUT2D eigenvalue weighted by atomic mass is 10.1. The predicted octanol–water partition coefficient (Wildman–Crippen LogP) is 2.50. The van der Waals surface area contributed by atoms with E-state index in [9.17, 15) is 4.39 Å². The Morgan fingerprint density at radius 3 is 2.71 bits per heavy atom. The maximum Gasteiger partial charge on any atom is 0.165 e. The first-order chi connectivity index (χ1) is 6.69. The summed E-state index contributed by atoms with van der Waals surface area (Å²) in [6.07, 6.45) is 0. The summed E-state index contributed by atoms with van der Waals surface area (Å²) >= 11 is 0. The van der Waals surface area contributed by atoms with Gasteiger partial charge in [-0.2, -0.15) is 0 Å². The first kappa shape index (κ1) is 11.0. The highest BCUT2D eigenvalue weighted by Crippen LogP contribution is 2.21. The van der Waals surface area contributed by atoms with Crippen LogP contribution >= 0.6 is 0 Å². The zero-order chi connectivity index (χ0) is 10.6. The third-order valence-electron chi connectivity index (χ3n) is 2.19. The average molecular weight is 197 g/mol. The van der Waals surface area contributed by atoms with Crippen molar-refractivity contribution in [3.8, 4) is 5.75 Å². The van der Waals surface area contributed by atoms with Gasteiger partial charge in [-0.25, -0.2) is 4.39 Å². The van der Waals surface area contributed by atoms with Gasteiger partial charge in [-0.3, -0.25) is 0 Å². The topological polar surface area (TPSA) is 21.3 Å². The molecule has 0 amide bonds. The maximum atomic E-state index is 13.4. The van der Waals surface area contributed by atoms with E-state index in [4.69, 9.17) is 4.74 Å². The average Bonchev–Trinajstić information content (AvgIpc) is 2.20. The van der Waals surface area contributed by atoms with Crippen molar-refractivity contribution in [3.63, 3.8) is 0 Å². The molecule has 1 aromatic rings. The van der Waals surface area contributed by atoms with E-state index in [1.54, 1.807) is 6.07 Å². The molecule has 0 aliphatic carbocycles. The number of hydrogen-bond donors (Lipinski definition) is 1. The molecule has 0 aromatic heterocycles. The van der Waals surface area contributed by atoms with Crippen LogP contribution in [0, 0.1) is 5.82 Å². The van der Waals surface area contributed by atoms with Crippen LogP contribution < -0.4 is 10.1 Å². The summed E-state index contributed by atoms with van der Waals surface area (Å²) in [5, 5.41) is 3.05. The molecule has 78 valence electrons. The van der Waals surface area contributed by atoms with Crippen LogP contribution in [0.4, 0.5) is 4.39 Å². The summed E-state index contributed by atoms with van der Waals surface area (Å²) in [7, 11) is 1.85. The summed E-state index contributed by atoms with van der Waals surface area (Å²) in [6.45, 7) is 4.30. The lowest BCUT2D eigenvalue weighted by Gasteiger charge is -2.12. The second-order valence-corrected chi connectivity index (χ2v) is 3.13. The van der Waals surface area contributed by atoms with Crippen LogP contribution in [0.5, 0.6) is 5.75 Å². The monoisotopic (exact) mass is 197 g/mol. The highest BCUT2D eigenvalue weighted by atomic mass is 19.1. The standard InChI is InChI=1S/C11H16FNO/c1-4-14-11-6-5-9(7-10(11)12)8(2)13-3/h5-8,13H,4H2,1-3H3/t8-/m1/s1. The Bertz CT molecular complexity index is 301. The van der Waals surface area contributed by atoms with Gasteiger partial charge in [-0.1, -0.05) is 6.07 Å². The third-order valence-corrected chi connectivity index (χ3v) is 2.19. The van der Waals surface area contributed by atoms with Crippen LogP contribution in [0.25, 0.3) is 0 Å². The molecule has 1 rings (SSSR count). The summed E-state index contributed by atoms with van der Waals surface area (Å²) < 4.78 is 18.5. The fourth-order valence-electron chi connectivity index (χ4n) is 1.23. The molecule has 0 fully saturated rings. The molecular formula is C11H16FNO. The molecular weight excluding hydrogens is 181 g/mol. The Morgan fingerprint density at radius 1 is 1.50 bits per heavy atom. The van der Waals surface area contributed by atoms with Crippen molar-refractivity contribution in [1.29, 1.82) is 0 Å². The van der Waals surface area contributed by atoms with Crippen LogP contribution in [0.1, 0.15) is 25.5 Å². The zero-order valence-corrected chi connectivity index (χ0v) is 8.80. The molecule has 0 saturated heterocycles. The third kappa shape index (κ3) is 2.45. The summed E-state index contributed by atoms with van der Waals surface area (Å²) in [5.41, 5.74) is 0.924. The molecule has 1 atom stereocenters. The quantitative estimate of drug-likeness (QED) is 0.800. The normalized spacial score (nSPS) is 12.6. The van der Waals surface area contributed by atoms with Crippen molar-refractivity contribution in [3.05, 3.63) is 29.6 Å². The van der Waals surface area contributed by atoms with E-state index >= 15 is 0 Å². The van der Waals surface area contributed by atoms with E-state index in [1.165, 1.54) is 6.07 Å². The van der Waals surface area contributed by atoms with Gasteiger partial charge in [-0.15, -0.1) is 0 Å². The SMILES string of the molecule is CCOc1ccc([C@@H](C)NC)cc1F. The number of ether oxygens (including phenoxy) is 1. The predicted molar refractivity (Wildman–Crippen MR) is 55.0 cm³/mol. The first-order valence-electron chi connectivity index (χ1n) is 4.78. The molecule has 0 aliphatic heterocycles. The van der Waals surface area contributed by atoms with Crippen LogP contribution in [-0.2, 0) is 0 Å². The van der Waals surface area contributed by atoms with E-state index in [-0.39, 0.29) is 11.9 Å². The van der Waals surface area contributed by atoms with Crippen molar-refractivity contribution >= 4 is 0 Å². The van der Waals surface area contributed by atoms with Gasteiger partial charge in [0.1, 0.15) is 0 Å². The second-order valence-electron chi connectivity index (χ2n) is 3.13. The number of benzene rings is 1. The molecule has 0 radical (unpaired) electrons. The van der Waals surface area contributed by atoms with Crippen molar-refractivity contribution in [2.24, 2.45) is 0 Å². The van der Waals surface area contributed by atoms with Crippen molar-refractivity contribution in [2.75, 3.05) is 13.7 Å². The number of hydrogen-bond acceptors (Lipinski definition) is 2. The molecule has 0 heterocycles. The molecule has 0 bridgehead atoms. The Morgan fingerprint density at radius 2 is 2.21 bits per heavy atom. The van der Waals surface area contributed by atoms with Gasteiger partial charge in [0.25, 0.3) is 0 Å². The first-order valence-corrected chi connectivity index (χ1v) is 4.78. The minimum absolute atomic E-state index is 0.153. The molecule has 0 spiro atoms. The molecule has 2 nitrogen and oxygen atoms in total. The summed E-state index contributed by atoms with van der Waals surface area (Å²) in [4.78, 5) is 0. The van der Waals surface area contributed by atoms with Gasteiger partial charge in [0.2, 0.25) is 0 Å². The molecule has 1 aromatic carbocycles. The minimum Gasteiger partial charge on any atom is -0.491 e. The van der Waals surface area contributed by atoms with Gasteiger partial charge in [-0.05, 0) is 38.6 Å². The Labute approximate surface area is 84.1 Å². The summed E-state index contributed by atoms with van der Waals surface area (Å²) in [6, 6.07) is 5.20. The van der Waals surface area contributed by atoms with Crippen molar-refractivity contribution in [1.82, 2.24) is 5.32 Å². The fraction of sp³-hybridized carbons (Fsp3) is 0.455. The minimum atomic E-state index is -0.300. The van der Waals surface area contributed by atoms with E-state index in [0.29, 0.717) is 12.4 Å². The van der Waals surface area contributed by atoms with Gasteiger partial charge in [0, 0.05) is 6.04 Å². The largest absolute Gasteiger partial charge is 0.491 e. The lowest BCUT2D eigenvalue weighted by molar-refractivity contribution is 0.321. The van der Waals surface area contributed by atoms with Gasteiger partial charge in [0.05, 0.1) is 6.61 Å². The van der Waals surface area contributed by atoms with Gasteiger partial charge in [0.15, 0.2) is 11.6 Å². The van der Waals surface area contributed by atoms with Crippen molar-refractivity contribution in [2.45, 2.75) is 19.9 Å². The molecule has 0 unspecified atom stereocenters. The van der Waals surface area contributed by atoms with Crippen LogP contribution in [-0.4, -0.2) is 13.7 Å². The number of rotatable bonds is 4. The molecule has 14 heavy (non-hydrogen) atoms. The number of halogens is 1. The van der Waals surface area contributed by atoms with E-state index < -0.39 is 0 Å². The lowest BCUT2D eigenvalue weighted by Crippen LogP contribution is -2.12. The van der Waals surface area contributed by atoms with E-state index in [2.05, 4.69) is 5.32 Å². The maximum absolute atomic E-state index is 13.4. The zero-order valence-electron chi connectivity index (χ0n) is 8.80. The molecule has 1 N–H and O–H groups in total. The molecule has 0 saturated carbocycles. The van der Waals surface area contributed by atoms with Gasteiger partial charge < -0.3 is 10.1 Å². The van der Waals surface area contributed by atoms with Gasteiger partial charge >= 0.3 is 0 Å². The Hall–Kier alpha value is -1.09. The van der Waals surface area contributed by atoms with E-state index in [1.807, 2.05) is 27.0 Å². The Balaban J connectivity index is 2.88. The number of nitrogens with one attached hydrogen (secondary N) is 1. The van der Waals surface area contributed by atoms with Crippen LogP contribution in [0.3, 0.4) is 0 Å². The molecule has 0 aliphatic rings. The van der Waals surface area contributed by atoms with Crippen molar-refractivity contribution < 1.29 is 9.13 Å². The fourth-order valence-corrected chi connectivity index (χ4v) is 1.23. The smallest absolute Gasteiger partial charge is 0.165 e. The van der Waals surface area contributed by atoms with Crippen LogP contribution in [0.15, 0.2) is 18.2 Å². The highest BCUT2D eigenvalue weighted by molar-refractivity contribution is 5.30. The highest BCUT2D eigenvalue weighted by Gasteiger charge is 2.07.